The first-order chi connectivity index (χ1) is 9.36. The molecule has 0 radical (unpaired) electrons. The van der Waals surface area contributed by atoms with Crippen molar-refractivity contribution in [2.75, 3.05) is 0 Å². The molecule has 19 heavy (non-hydrogen) atoms. The van der Waals surface area contributed by atoms with E-state index in [-0.39, 0.29) is 6.61 Å². The van der Waals surface area contributed by atoms with Crippen molar-refractivity contribution >= 4 is 17.2 Å². The Morgan fingerprint density at radius 3 is 2.89 bits per heavy atom. The van der Waals surface area contributed by atoms with E-state index in [9.17, 15) is 4.79 Å². The molecule has 3 rings (SSSR count). The van der Waals surface area contributed by atoms with Crippen molar-refractivity contribution in [3.05, 3.63) is 60.2 Å². The van der Waals surface area contributed by atoms with Gasteiger partial charge in [0.2, 0.25) is 0 Å². The monoisotopic (exact) mass is 253 g/mol. The summed E-state index contributed by atoms with van der Waals surface area (Å²) in [5, 5.41) is 1.02. The van der Waals surface area contributed by atoms with Crippen LogP contribution in [-0.4, -0.2) is 11.3 Å². The lowest BCUT2D eigenvalue weighted by atomic mass is 10.2. The third-order valence-corrected chi connectivity index (χ3v) is 2.76. The number of hydrogen-bond acceptors (Lipinski definition) is 4. The molecule has 0 saturated carbocycles. The third kappa shape index (κ3) is 2.33. The topological polar surface area (TPSA) is 52.3 Å². The summed E-state index contributed by atoms with van der Waals surface area (Å²) in [5.41, 5.74) is 0.812. The molecule has 2 heterocycles. The van der Waals surface area contributed by atoms with Gasteiger partial charge in [0.1, 0.15) is 23.6 Å². The molecule has 0 bridgehead atoms. The summed E-state index contributed by atoms with van der Waals surface area (Å²) in [7, 11) is 0. The highest BCUT2D eigenvalue weighted by Crippen LogP contribution is 2.24. The lowest BCUT2D eigenvalue weighted by Crippen LogP contribution is -1.95. The summed E-state index contributed by atoms with van der Waals surface area (Å²) in [6, 6.07) is 13.0. The van der Waals surface area contributed by atoms with Gasteiger partial charge in [0.05, 0.1) is 0 Å². The van der Waals surface area contributed by atoms with Crippen LogP contribution in [0.3, 0.4) is 0 Å². The minimum Gasteiger partial charge on any atom is -0.483 e. The number of fused-ring (bicyclic) bond motifs is 1. The molecule has 0 saturated heterocycles. The Morgan fingerprint density at radius 1 is 1.16 bits per heavy atom. The molecule has 0 amide bonds. The zero-order valence-electron chi connectivity index (χ0n) is 10.1. The van der Waals surface area contributed by atoms with Crippen LogP contribution in [-0.2, 0) is 6.61 Å². The molecule has 0 aliphatic carbocycles. The number of carbonyl (C=O) groups is 1. The largest absolute Gasteiger partial charge is 0.483 e. The fraction of sp³-hybridized carbons (Fsp3) is 0.0667. The van der Waals surface area contributed by atoms with Crippen molar-refractivity contribution in [2.45, 2.75) is 6.61 Å². The highest BCUT2D eigenvalue weighted by atomic mass is 16.5. The number of ether oxygens (including phenoxy) is 1. The zero-order valence-corrected chi connectivity index (χ0v) is 10.1. The predicted octanol–water partition coefficient (Wildman–Crippen LogP) is 3.22. The van der Waals surface area contributed by atoms with Gasteiger partial charge < -0.3 is 9.15 Å². The number of para-hydroxylation sites is 1. The minimum absolute atomic E-state index is 0.267. The maximum absolute atomic E-state index is 10.5. The van der Waals surface area contributed by atoms with Crippen LogP contribution < -0.4 is 4.74 Å². The number of nitrogens with zero attached hydrogens (tertiary/aromatic N) is 1. The van der Waals surface area contributed by atoms with E-state index in [1.54, 1.807) is 18.3 Å². The van der Waals surface area contributed by atoms with E-state index in [4.69, 9.17) is 9.15 Å². The van der Waals surface area contributed by atoms with Crippen LogP contribution >= 0.6 is 0 Å². The van der Waals surface area contributed by atoms with Gasteiger partial charge in [-0.2, -0.15) is 0 Å². The molecule has 4 heteroatoms. The number of benzene rings is 1. The normalized spacial score (nSPS) is 10.5. The average molecular weight is 253 g/mol. The molecule has 0 fully saturated rings. The van der Waals surface area contributed by atoms with Gasteiger partial charge in [0.25, 0.3) is 0 Å². The lowest BCUT2D eigenvalue weighted by molar-refractivity contribution is 0.109. The number of aldehydes is 1. The van der Waals surface area contributed by atoms with E-state index in [1.807, 2.05) is 30.3 Å². The first-order valence-corrected chi connectivity index (χ1v) is 5.87. The number of furan rings is 1. The van der Waals surface area contributed by atoms with Crippen molar-refractivity contribution in [3.8, 4) is 5.75 Å². The molecule has 0 aliphatic heterocycles. The first-order valence-electron chi connectivity index (χ1n) is 5.87. The highest BCUT2D eigenvalue weighted by molar-refractivity contribution is 5.84. The van der Waals surface area contributed by atoms with Gasteiger partial charge in [-0.3, -0.25) is 9.78 Å². The number of pyridine rings is 1. The second-order valence-electron chi connectivity index (χ2n) is 4.04. The van der Waals surface area contributed by atoms with Crippen molar-refractivity contribution in [2.24, 2.45) is 0 Å². The molecule has 94 valence electrons. The van der Waals surface area contributed by atoms with Crippen LogP contribution in [0.25, 0.3) is 10.9 Å². The smallest absolute Gasteiger partial charge is 0.185 e. The van der Waals surface area contributed by atoms with Crippen LogP contribution in [0.15, 0.2) is 53.1 Å². The number of aromatic nitrogens is 1. The van der Waals surface area contributed by atoms with E-state index in [1.165, 1.54) is 0 Å². The van der Waals surface area contributed by atoms with Gasteiger partial charge in [-0.05, 0) is 24.3 Å². The van der Waals surface area contributed by atoms with E-state index in [0.717, 1.165) is 10.9 Å². The summed E-state index contributed by atoms with van der Waals surface area (Å²) >= 11 is 0. The second-order valence-corrected chi connectivity index (χ2v) is 4.04. The Bertz CT molecular complexity index is 713. The van der Waals surface area contributed by atoms with Gasteiger partial charge in [0.15, 0.2) is 12.0 Å². The van der Waals surface area contributed by atoms with Crippen LogP contribution in [0.4, 0.5) is 0 Å². The molecule has 0 aliphatic rings. The molecule has 0 unspecified atom stereocenters. The summed E-state index contributed by atoms with van der Waals surface area (Å²) < 4.78 is 10.9. The van der Waals surface area contributed by atoms with Gasteiger partial charge in [-0.25, -0.2) is 0 Å². The fourth-order valence-corrected chi connectivity index (χ4v) is 1.88. The molecule has 0 N–H and O–H groups in total. The number of rotatable bonds is 4. The third-order valence-electron chi connectivity index (χ3n) is 2.76. The van der Waals surface area contributed by atoms with E-state index in [0.29, 0.717) is 23.6 Å². The average Bonchev–Trinajstić information content (AvgIpc) is 2.93. The van der Waals surface area contributed by atoms with Crippen LogP contribution in [0, 0.1) is 0 Å². The Kier molecular flexibility index (Phi) is 2.98. The maximum Gasteiger partial charge on any atom is 0.185 e. The van der Waals surface area contributed by atoms with Crippen molar-refractivity contribution < 1.29 is 13.9 Å². The van der Waals surface area contributed by atoms with Crippen LogP contribution in [0.5, 0.6) is 5.75 Å². The Labute approximate surface area is 109 Å². The Balaban J connectivity index is 1.83. The fourth-order valence-electron chi connectivity index (χ4n) is 1.88. The van der Waals surface area contributed by atoms with Gasteiger partial charge in [-0.15, -0.1) is 0 Å². The van der Waals surface area contributed by atoms with Gasteiger partial charge >= 0.3 is 0 Å². The summed E-state index contributed by atoms with van der Waals surface area (Å²) in [6.45, 7) is 0.267. The van der Waals surface area contributed by atoms with Crippen molar-refractivity contribution in [3.63, 3.8) is 0 Å². The summed E-state index contributed by atoms with van der Waals surface area (Å²) in [4.78, 5) is 14.8. The number of hydrogen-bond donors (Lipinski definition) is 0. The first kappa shape index (κ1) is 11.5. The van der Waals surface area contributed by atoms with Gasteiger partial charge in [0, 0.05) is 11.6 Å². The van der Waals surface area contributed by atoms with E-state index >= 15 is 0 Å². The lowest BCUT2D eigenvalue weighted by Gasteiger charge is -2.06. The second kappa shape index (κ2) is 4.94. The predicted molar refractivity (Wildman–Crippen MR) is 70.2 cm³/mol. The summed E-state index contributed by atoms with van der Waals surface area (Å²) in [5.74, 6) is 1.60. The van der Waals surface area contributed by atoms with E-state index < -0.39 is 0 Å². The molecule has 0 atom stereocenters. The van der Waals surface area contributed by atoms with E-state index in [2.05, 4.69) is 4.98 Å². The molecule has 0 spiro atoms. The molecule has 1 aromatic carbocycles. The molecule has 2 aromatic heterocycles. The summed E-state index contributed by atoms with van der Waals surface area (Å²) in [6.07, 6.45) is 2.40. The zero-order chi connectivity index (χ0) is 13.1. The van der Waals surface area contributed by atoms with Crippen LogP contribution in [0.2, 0.25) is 0 Å². The molecule has 4 nitrogen and oxygen atoms in total. The van der Waals surface area contributed by atoms with Gasteiger partial charge in [-0.1, -0.05) is 18.2 Å². The Morgan fingerprint density at radius 2 is 2.05 bits per heavy atom. The minimum atomic E-state index is 0.267. The Hall–Kier alpha value is -2.62. The molecular formula is C15H11NO3. The standard InChI is InChI=1S/C15H11NO3/c17-9-12-6-7-13(19-12)10-18-14-5-1-3-11-4-2-8-16-15(11)14/h1-9H,10H2. The highest BCUT2D eigenvalue weighted by Gasteiger charge is 2.05. The quantitative estimate of drug-likeness (QED) is 0.670. The van der Waals surface area contributed by atoms with Crippen molar-refractivity contribution in [1.29, 1.82) is 0 Å². The number of carbonyl (C=O) groups excluding carboxylic acids is 1. The SMILES string of the molecule is O=Cc1ccc(COc2cccc3cccnc23)o1. The molecule has 3 aromatic rings. The molecular weight excluding hydrogens is 242 g/mol. The van der Waals surface area contributed by atoms with Crippen molar-refractivity contribution in [1.82, 2.24) is 4.98 Å². The maximum atomic E-state index is 10.5. The van der Waals surface area contributed by atoms with Crippen LogP contribution in [0.1, 0.15) is 16.3 Å².